The SMILES string of the molecule is COC(=O)c1c(O)cccc1OCCCCNC(=O)[C@H](Cc1ccc(C2CC(=O)NS2(=O)=O)cc1)NC(=O)C1(Cc2ccccc2)CCC(=O)N1. The van der Waals surface area contributed by atoms with Crippen LogP contribution < -0.4 is 25.4 Å². The molecular weight excluding hydrogens is 680 g/mol. The molecule has 0 radical (unpaired) electrons. The van der Waals surface area contributed by atoms with Gasteiger partial charge in [-0.25, -0.2) is 13.2 Å². The van der Waals surface area contributed by atoms with Gasteiger partial charge in [0.15, 0.2) is 0 Å². The maximum atomic E-state index is 13.9. The number of phenolic OH excluding ortho intramolecular Hbond substituents is 1. The van der Waals surface area contributed by atoms with Crippen molar-refractivity contribution < 1.29 is 47.0 Å². The van der Waals surface area contributed by atoms with Crippen LogP contribution >= 0.6 is 0 Å². The quantitative estimate of drug-likeness (QED) is 0.114. The lowest BCUT2D eigenvalue weighted by molar-refractivity contribution is -0.133. The topological polar surface area (TPSA) is 206 Å². The Morgan fingerprint density at radius 3 is 2.35 bits per heavy atom. The Kier molecular flexibility index (Phi) is 11.6. The van der Waals surface area contributed by atoms with Crippen LogP contribution in [0.4, 0.5) is 0 Å². The average molecular weight is 721 g/mol. The highest BCUT2D eigenvalue weighted by Crippen LogP contribution is 2.31. The summed E-state index contributed by atoms with van der Waals surface area (Å²) in [6.45, 7) is 0.402. The number of carbonyl (C=O) groups is 5. The minimum Gasteiger partial charge on any atom is -0.507 e. The number of nitrogens with one attached hydrogen (secondary N) is 4. The van der Waals surface area contributed by atoms with Crippen molar-refractivity contribution in [1.82, 2.24) is 20.7 Å². The smallest absolute Gasteiger partial charge is 0.345 e. The van der Waals surface area contributed by atoms with Crippen LogP contribution in [0.15, 0.2) is 72.8 Å². The molecule has 3 aromatic carbocycles. The fourth-order valence-electron chi connectivity index (χ4n) is 6.19. The Morgan fingerprint density at radius 2 is 1.71 bits per heavy atom. The van der Waals surface area contributed by atoms with Gasteiger partial charge in [-0.05, 0) is 48.1 Å². The normalized spacial score (nSPS) is 19.7. The second-order valence-corrected chi connectivity index (χ2v) is 14.4. The van der Waals surface area contributed by atoms with Gasteiger partial charge in [0.05, 0.1) is 20.1 Å². The molecule has 2 unspecified atom stereocenters. The molecule has 4 amide bonds. The number of amides is 4. The third kappa shape index (κ3) is 9.03. The van der Waals surface area contributed by atoms with Crippen LogP contribution in [0.1, 0.15) is 64.4 Å². The highest BCUT2D eigenvalue weighted by atomic mass is 32.2. The molecule has 2 heterocycles. The van der Waals surface area contributed by atoms with Crippen LogP contribution in [0.5, 0.6) is 11.5 Å². The number of unbranched alkanes of at least 4 members (excludes halogenated alkanes) is 1. The second kappa shape index (κ2) is 16.1. The molecule has 2 fully saturated rings. The third-order valence-electron chi connectivity index (χ3n) is 8.88. The molecule has 3 atom stereocenters. The van der Waals surface area contributed by atoms with Crippen molar-refractivity contribution in [1.29, 1.82) is 0 Å². The van der Waals surface area contributed by atoms with Crippen molar-refractivity contribution in [2.24, 2.45) is 0 Å². The number of esters is 1. The molecule has 14 nitrogen and oxygen atoms in total. The molecule has 2 saturated heterocycles. The number of rotatable bonds is 15. The van der Waals surface area contributed by atoms with Crippen molar-refractivity contribution in [2.45, 2.75) is 61.8 Å². The zero-order valence-corrected chi connectivity index (χ0v) is 28.8. The fraction of sp³-hybridized carbons (Fsp3) is 0.361. The van der Waals surface area contributed by atoms with Gasteiger partial charge in [0, 0.05) is 25.8 Å². The van der Waals surface area contributed by atoms with Crippen molar-refractivity contribution in [2.75, 3.05) is 20.3 Å². The standard InChI is InChI=1S/C36H40N4O10S/c1-49-34(45)32-27(41)10-7-11-28(32)50-19-6-5-18-37-33(44)26(20-23-12-14-25(15-13-23)29-21-31(43)40-51(29,47)48)38-35(46)36(17-16-30(42)39-36)22-24-8-3-2-4-9-24/h2-4,7-15,26,29,41H,5-6,16-22H2,1H3,(H,37,44)(H,38,46)(H,39,42)(H,40,43)/t26-,29?,36?/m0/s1. The van der Waals surface area contributed by atoms with E-state index in [9.17, 15) is 37.5 Å². The summed E-state index contributed by atoms with van der Waals surface area (Å²) >= 11 is 0. The van der Waals surface area contributed by atoms with E-state index in [1.807, 2.05) is 35.1 Å². The number of methoxy groups -OCH3 is 1. The summed E-state index contributed by atoms with van der Waals surface area (Å²) < 4.78 is 37.1. The maximum absolute atomic E-state index is 13.9. The van der Waals surface area contributed by atoms with Crippen LogP contribution in [0, 0.1) is 0 Å². The number of phenols is 1. The van der Waals surface area contributed by atoms with Crippen LogP contribution in [0.3, 0.4) is 0 Å². The van der Waals surface area contributed by atoms with Crippen LogP contribution in [0.25, 0.3) is 0 Å². The summed E-state index contributed by atoms with van der Waals surface area (Å²) in [5.74, 6) is -2.66. The molecule has 5 N–H and O–H groups in total. The molecule has 270 valence electrons. The van der Waals surface area contributed by atoms with Gasteiger partial charge in [-0.1, -0.05) is 60.7 Å². The van der Waals surface area contributed by atoms with Gasteiger partial charge in [0.1, 0.15) is 33.9 Å². The molecular formula is C36H40N4O10S. The lowest BCUT2D eigenvalue weighted by Crippen LogP contribution is -2.60. The Labute approximate surface area is 295 Å². The molecule has 0 aliphatic carbocycles. The summed E-state index contributed by atoms with van der Waals surface area (Å²) in [6, 6.07) is 19.1. The van der Waals surface area contributed by atoms with Crippen molar-refractivity contribution >= 4 is 39.6 Å². The van der Waals surface area contributed by atoms with E-state index in [4.69, 9.17) is 9.47 Å². The van der Waals surface area contributed by atoms with E-state index in [1.165, 1.54) is 25.3 Å². The monoisotopic (exact) mass is 720 g/mol. The summed E-state index contributed by atoms with van der Waals surface area (Å²) in [7, 11) is -2.64. The van der Waals surface area contributed by atoms with E-state index in [1.54, 1.807) is 24.3 Å². The van der Waals surface area contributed by atoms with Gasteiger partial charge < -0.3 is 30.5 Å². The lowest BCUT2D eigenvalue weighted by Gasteiger charge is -2.30. The number of hydrogen-bond acceptors (Lipinski definition) is 10. The van der Waals surface area contributed by atoms with E-state index in [2.05, 4.69) is 16.0 Å². The summed E-state index contributed by atoms with van der Waals surface area (Å²) in [4.78, 5) is 63.8. The first kappa shape index (κ1) is 36.8. The molecule has 2 aliphatic rings. The molecule has 2 aliphatic heterocycles. The van der Waals surface area contributed by atoms with Crippen molar-refractivity contribution in [3.63, 3.8) is 0 Å². The Hall–Kier alpha value is -5.44. The van der Waals surface area contributed by atoms with Crippen molar-refractivity contribution in [3.8, 4) is 11.5 Å². The minimum atomic E-state index is -3.84. The average Bonchev–Trinajstić information content (AvgIpc) is 3.62. The van der Waals surface area contributed by atoms with Crippen molar-refractivity contribution in [3.05, 3.63) is 95.1 Å². The minimum absolute atomic E-state index is 0.0543. The largest absolute Gasteiger partial charge is 0.507 e. The van der Waals surface area contributed by atoms with Gasteiger partial charge in [-0.15, -0.1) is 0 Å². The third-order valence-corrected chi connectivity index (χ3v) is 10.6. The van der Waals surface area contributed by atoms with Crippen LogP contribution in [-0.4, -0.2) is 75.0 Å². The molecule has 0 aromatic heterocycles. The predicted molar refractivity (Wildman–Crippen MR) is 184 cm³/mol. The fourth-order valence-corrected chi connectivity index (χ4v) is 7.62. The highest BCUT2D eigenvalue weighted by Gasteiger charge is 2.45. The first-order valence-corrected chi connectivity index (χ1v) is 18.1. The number of sulfonamides is 1. The van der Waals surface area contributed by atoms with E-state index in [0.29, 0.717) is 24.0 Å². The number of hydrogen-bond donors (Lipinski definition) is 5. The summed E-state index contributed by atoms with van der Waals surface area (Å²) in [6.07, 6.45) is 1.45. The van der Waals surface area contributed by atoms with Gasteiger partial charge in [-0.3, -0.25) is 23.9 Å². The maximum Gasteiger partial charge on any atom is 0.345 e. The summed E-state index contributed by atoms with van der Waals surface area (Å²) in [5.41, 5.74) is 0.543. The zero-order chi connectivity index (χ0) is 36.6. The Balaban J connectivity index is 1.26. The molecule has 0 spiro atoms. The number of benzene rings is 3. The highest BCUT2D eigenvalue weighted by molar-refractivity contribution is 7.90. The molecule has 51 heavy (non-hydrogen) atoms. The predicted octanol–water partition coefficient (Wildman–Crippen LogP) is 1.96. The number of aromatic hydroxyl groups is 1. The first-order valence-electron chi connectivity index (χ1n) is 16.5. The number of carbonyl (C=O) groups excluding carboxylic acids is 5. The van der Waals surface area contributed by atoms with E-state index >= 15 is 0 Å². The van der Waals surface area contributed by atoms with Crippen LogP contribution in [-0.2, 0) is 46.8 Å². The van der Waals surface area contributed by atoms with Crippen LogP contribution in [0.2, 0.25) is 0 Å². The van der Waals surface area contributed by atoms with E-state index in [-0.39, 0.29) is 68.2 Å². The number of ether oxygens (including phenoxy) is 2. The molecule has 3 aromatic rings. The Bertz CT molecular complexity index is 1890. The van der Waals surface area contributed by atoms with E-state index < -0.39 is 50.5 Å². The van der Waals surface area contributed by atoms with Gasteiger partial charge in [0.25, 0.3) is 0 Å². The van der Waals surface area contributed by atoms with Gasteiger partial charge >= 0.3 is 5.97 Å². The molecule has 0 saturated carbocycles. The summed E-state index contributed by atoms with van der Waals surface area (Å²) in [5, 5.41) is 17.6. The molecule has 15 heteroatoms. The molecule has 0 bridgehead atoms. The van der Waals surface area contributed by atoms with Gasteiger partial charge in [-0.2, -0.15) is 0 Å². The second-order valence-electron chi connectivity index (χ2n) is 12.5. The molecule has 5 rings (SSSR count). The van der Waals surface area contributed by atoms with E-state index in [0.717, 1.165) is 5.56 Å². The zero-order valence-electron chi connectivity index (χ0n) is 28.0. The Morgan fingerprint density at radius 1 is 0.961 bits per heavy atom. The first-order chi connectivity index (χ1) is 24.4. The lowest BCUT2D eigenvalue weighted by atomic mass is 9.87. The van der Waals surface area contributed by atoms with Gasteiger partial charge in [0.2, 0.25) is 33.7 Å².